The quantitative estimate of drug-likeness (QED) is 0.733. The Labute approximate surface area is 149 Å². The fraction of sp³-hybridized carbons (Fsp3) is 0.105. The molecule has 26 heavy (non-hydrogen) atoms. The number of fused-ring (bicyclic) bond motifs is 1. The summed E-state index contributed by atoms with van der Waals surface area (Å²) < 4.78 is 49.1. The second-order valence-electron chi connectivity index (χ2n) is 5.71. The molecule has 0 aliphatic rings. The van der Waals surface area contributed by atoms with E-state index < -0.39 is 26.4 Å². The summed E-state index contributed by atoms with van der Waals surface area (Å²) in [6, 6.07) is 18.3. The molecule has 1 N–H and O–H groups in total. The van der Waals surface area contributed by atoms with Gasteiger partial charge in [-0.25, -0.2) is 8.42 Å². The van der Waals surface area contributed by atoms with Crippen LogP contribution in [0.2, 0.25) is 0 Å². The lowest BCUT2D eigenvalue weighted by Crippen LogP contribution is -2.19. The van der Waals surface area contributed by atoms with E-state index in [0.717, 1.165) is 22.4 Å². The Bertz CT molecular complexity index is 1070. The van der Waals surface area contributed by atoms with E-state index in [2.05, 4.69) is 5.32 Å². The minimum Gasteiger partial charge on any atom is -0.325 e. The lowest BCUT2D eigenvalue weighted by Gasteiger charge is -2.11. The molecule has 0 aromatic heterocycles. The maximum Gasteiger partial charge on any atom is 0.341 e. The number of halogens is 2. The Balaban J connectivity index is 1.82. The number of rotatable bonds is 5. The van der Waals surface area contributed by atoms with E-state index in [1.807, 2.05) is 36.4 Å². The first-order valence-electron chi connectivity index (χ1n) is 7.76. The second-order valence-corrected chi connectivity index (χ2v) is 7.59. The first-order valence-corrected chi connectivity index (χ1v) is 9.31. The molecule has 0 unspecified atom stereocenters. The normalized spacial score (nSPS) is 11.7. The predicted molar refractivity (Wildman–Crippen MR) is 95.9 cm³/mol. The minimum atomic E-state index is -4.80. The molecule has 3 aromatic carbocycles. The van der Waals surface area contributed by atoms with Crippen molar-refractivity contribution in [1.82, 2.24) is 0 Å². The second kappa shape index (κ2) is 7.21. The molecule has 0 heterocycles. The maximum absolute atomic E-state index is 12.8. The van der Waals surface area contributed by atoms with E-state index in [9.17, 15) is 22.0 Å². The molecule has 3 aromatic rings. The van der Waals surface area contributed by atoms with Gasteiger partial charge in [0.05, 0.1) is 17.0 Å². The Hall–Kier alpha value is -2.80. The molecule has 1 amide bonds. The lowest BCUT2D eigenvalue weighted by molar-refractivity contribution is -0.115. The SMILES string of the molecule is O=C(Cc1ccc2ccccc2c1)Nc1ccccc1S(=O)(=O)C(F)F. The van der Waals surface area contributed by atoms with E-state index >= 15 is 0 Å². The van der Waals surface area contributed by atoms with Crippen LogP contribution in [0.4, 0.5) is 14.5 Å². The Morgan fingerprint density at radius 3 is 2.31 bits per heavy atom. The van der Waals surface area contributed by atoms with Gasteiger partial charge < -0.3 is 5.32 Å². The third-order valence-electron chi connectivity index (χ3n) is 3.88. The number of carbonyl (C=O) groups excluding carboxylic acids is 1. The number of nitrogens with one attached hydrogen (secondary N) is 1. The van der Waals surface area contributed by atoms with E-state index in [1.54, 1.807) is 6.07 Å². The van der Waals surface area contributed by atoms with Gasteiger partial charge in [0.25, 0.3) is 0 Å². The average molecular weight is 375 g/mol. The first-order chi connectivity index (χ1) is 12.4. The molecule has 0 fully saturated rings. The Morgan fingerprint density at radius 1 is 0.923 bits per heavy atom. The van der Waals surface area contributed by atoms with Crippen LogP contribution in [0.5, 0.6) is 0 Å². The molecule has 0 radical (unpaired) electrons. The van der Waals surface area contributed by atoms with Crippen LogP contribution in [0.3, 0.4) is 0 Å². The number of hydrogen-bond acceptors (Lipinski definition) is 3. The summed E-state index contributed by atoms with van der Waals surface area (Å²) >= 11 is 0. The number of carbonyl (C=O) groups is 1. The fourth-order valence-corrected chi connectivity index (χ4v) is 3.53. The van der Waals surface area contributed by atoms with Gasteiger partial charge in [-0.15, -0.1) is 0 Å². The third kappa shape index (κ3) is 3.72. The number of para-hydroxylation sites is 1. The van der Waals surface area contributed by atoms with Crippen LogP contribution in [0.15, 0.2) is 71.6 Å². The number of amides is 1. The lowest BCUT2D eigenvalue weighted by atomic mass is 10.0. The summed E-state index contributed by atoms with van der Waals surface area (Å²) in [5.41, 5.74) is 0.578. The van der Waals surface area contributed by atoms with Crippen LogP contribution in [0.25, 0.3) is 10.8 Å². The van der Waals surface area contributed by atoms with Gasteiger partial charge in [-0.3, -0.25) is 4.79 Å². The van der Waals surface area contributed by atoms with Gasteiger partial charge in [-0.1, -0.05) is 54.6 Å². The average Bonchev–Trinajstić information content (AvgIpc) is 2.61. The number of benzene rings is 3. The number of hydrogen-bond donors (Lipinski definition) is 1. The molecule has 0 spiro atoms. The van der Waals surface area contributed by atoms with E-state index in [0.29, 0.717) is 0 Å². The molecular weight excluding hydrogens is 360 g/mol. The van der Waals surface area contributed by atoms with E-state index in [4.69, 9.17) is 0 Å². The summed E-state index contributed by atoms with van der Waals surface area (Å²) in [6.07, 6.45) is -0.00606. The van der Waals surface area contributed by atoms with Gasteiger partial charge in [0.15, 0.2) is 0 Å². The summed E-state index contributed by atoms with van der Waals surface area (Å²) in [6.45, 7) is 0. The van der Waals surface area contributed by atoms with Crippen LogP contribution in [-0.4, -0.2) is 20.1 Å². The highest BCUT2D eigenvalue weighted by Gasteiger charge is 2.29. The van der Waals surface area contributed by atoms with Gasteiger partial charge in [0, 0.05) is 0 Å². The summed E-state index contributed by atoms with van der Waals surface area (Å²) in [4.78, 5) is 11.7. The molecule has 0 saturated carbocycles. The van der Waals surface area contributed by atoms with Gasteiger partial charge in [0.2, 0.25) is 15.7 Å². The Kier molecular flexibility index (Phi) is 4.99. The van der Waals surface area contributed by atoms with Crippen molar-refractivity contribution < 1.29 is 22.0 Å². The van der Waals surface area contributed by atoms with Crippen molar-refractivity contribution in [2.75, 3.05) is 5.32 Å². The van der Waals surface area contributed by atoms with Crippen LogP contribution in [0, 0.1) is 0 Å². The maximum atomic E-state index is 12.8. The molecule has 0 atom stereocenters. The molecular formula is C19H15F2NO3S. The van der Waals surface area contributed by atoms with Crippen molar-refractivity contribution >= 4 is 32.2 Å². The molecule has 3 rings (SSSR count). The van der Waals surface area contributed by atoms with Crippen LogP contribution < -0.4 is 5.32 Å². The summed E-state index contributed by atoms with van der Waals surface area (Å²) in [5.74, 6) is -4.04. The van der Waals surface area contributed by atoms with Crippen molar-refractivity contribution in [3.8, 4) is 0 Å². The smallest absolute Gasteiger partial charge is 0.325 e. The fourth-order valence-electron chi connectivity index (χ4n) is 2.64. The van der Waals surface area contributed by atoms with E-state index in [-0.39, 0.29) is 12.1 Å². The van der Waals surface area contributed by atoms with Crippen molar-refractivity contribution in [3.63, 3.8) is 0 Å². The van der Waals surface area contributed by atoms with Crippen molar-refractivity contribution in [2.45, 2.75) is 17.1 Å². The summed E-state index contributed by atoms with van der Waals surface area (Å²) in [5, 5.41) is 4.42. The van der Waals surface area contributed by atoms with Gasteiger partial charge in [-0.05, 0) is 28.5 Å². The molecule has 134 valence electrons. The predicted octanol–water partition coefficient (Wildman–Crippen LogP) is 4.02. The standard InChI is InChI=1S/C19H15F2NO3S/c20-19(21)26(24,25)17-8-4-3-7-16(17)22-18(23)12-13-9-10-14-5-1-2-6-15(14)11-13/h1-11,19H,12H2,(H,22,23). The first kappa shape index (κ1) is 18.0. The third-order valence-corrected chi connectivity index (χ3v) is 5.32. The van der Waals surface area contributed by atoms with Gasteiger partial charge >= 0.3 is 5.76 Å². The zero-order valence-corrected chi connectivity index (χ0v) is 14.3. The molecule has 0 aliphatic heterocycles. The van der Waals surface area contributed by atoms with Crippen molar-refractivity contribution in [2.24, 2.45) is 0 Å². The van der Waals surface area contributed by atoms with Crippen LogP contribution in [-0.2, 0) is 21.1 Å². The highest BCUT2D eigenvalue weighted by molar-refractivity contribution is 7.91. The molecule has 0 aliphatic carbocycles. The van der Waals surface area contributed by atoms with E-state index in [1.165, 1.54) is 18.2 Å². The highest BCUT2D eigenvalue weighted by Crippen LogP contribution is 2.26. The van der Waals surface area contributed by atoms with Crippen LogP contribution >= 0.6 is 0 Å². The zero-order chi connectivity index (χ0) is 18.7. The Morgan fingerprint density at radius 2 is 1.58 bits per heavy atom. The number of sulfone groups is 1. The topological polar surface area (TPSA) is 63.2 Å². The monoisotopic (exact) mass is 375 g/mol. The number of alkyl halides is 2. The highest BCUT2D eigenvalue weighted by atomic mass is 32.2. The van der Waals surface area contributed by atoms with Gasteiger partial charge in [0.1, 0.15) is 0 Å². The molecule has 4 nitrogen and oxygen atoms in total. The van der Waals surface area contributed by atoms with Gasteiger partial charge in [-0.2, -0.15) is 8.78 Å². The zero-order valence-electron chi connectivity index (χ0n) is 13.5. The number of anilines is 1. The van der Waals surface area contributed by atoms with Crippen LogP contribution in [0.1, 0.15) is 5.56 Å². The van der Waals surface area contributed by atoms with Crippen molar-refractivity contribution in [1.29, 1.82) is 0 Å². The summed E-state index contributed by atoms with van der Waals surface area (Å²) in [7, 11) is -4.80. The molecule has 0 bridgehead atoms. The minimum absolute atomic E-state index is 0.00606. The molecule has 7 heteroatoms. The van der Waals surface area contributed by atoms with Crippen molar-refractivity contribution in [3.05, 3.63) is 72.3 Å². The molecule has 0 saturated heterocycles. The largest absolute Gasteiger partial charge is 0.341 e.